The molecule has 25 heavy (non-hydrogen) atoms. The van der Waals surface area contributed by atoms with Gasteiger partial charge in [-0.3, -0.25) is 14.3 Å². The highest BCUT2D eigenvalue weighted by atomic mass is 16.2. The molecule has 2 aromatic heterocycles. The quantitative estimate of drug-likeness (QED) is 0.777. The van der Waals surface area contributed by atoms with Crippen molar-refractivity contribution in [1.82, 2.24) is 29.6 Å². The van der Waals surface area contributed by atoms with Crippen molar-refractivity contribution in [3.05, 3.63) is 30.9 Å². The number of rotatable bonds is 2. The van der Waals surface area contributed by atoms with Crippen LogP contribution in [-0.4, -0.2) is 61.1 Å². The van der Waals surface area contributed by atoms with Gasteiger partial charge in [0, 0.05) is 26.7 Å². The van der Waals surface area contributed by atoms with Crippen LogP contribution in [-0.2, 0) is 11.8 Å². The van der Waals surface area contributed by atoms with E-state index in [0.717, 1.165) is 19.3 Å². The largest absolute Gasteiger partial charge is 0.335 e. The van der Waals surface area contributed by atoms with Gasteiger partial charge in [-0.2, -0.15) is 0 Å². The second kappa shape index (κ2) is 5.91. The van der Waals surface area contributed by atoms with Crippen molar-refractivity contribution in [2.75, 3.05) is 24.5 Å². The molecular formula is C16H19N7O2. The molecule has 2 aromatic rings. The van der Waals surface area contributed by atoms with E-state index in [1.165, 1.54) is 17.3 Å². The number of carbonyl (C=O) groups excluding carboxylic acids is 2. The van der Waals surface area contributed by atoms with Gasteiger partial charge in [0.05, 0.1) is 23.5 Å². The van der Waals surface area contributed by atoms with Crippen LogP contribution in [0.5, 0.6) is 0 Å². The predicted octanol–water partition coefficient (Wildman–Crippen LogP) is 0.264. The maximum Gasteiger partial charge on any atom is 0.293 e. The highest BCUT2D eigenvalue weighted by molar-refractivity contribution is 6.00. The van der Waals surface area contributed by atoms with Crippen LogP contribution in [0.15, 0.2) is 25.0 Å². The molecule has 130 valence electrons. The van der Waals surface area contributed by atoms with Crippen LogP contribution in [0.3, 0.4) is 0 Å². The van der Waals surface area contributed by atoms with Crippen LogP contribution >= 0.6 is 0 Å². The number of aryl methyl sites for hydroxylation is 1. The number of likely N-dealkylation sites (tertiary alicyclic amines) is 1. The number of amides is 2. The number of aromatic nitrogens is 5. The molecule has 2 aliphatic rings. The van der Waals surface area contributed by atoms with Gasteiger partial charge in [0.15, 0.2) is 0 Å². The first-order valence-corrected chi connectivity index (χ1v) is 8.31. The third kappa shape index (κ3) is 2.65. The number of piperidine rings is 1. The molecule has 2 saturated heterocycles. The van der Waals surface area contributed by atoms with E-state index < -0.39 is 5.41 Å². The summed E-state index contributed by atoms with van der Waals surface area (Å²) in [5.74, 6) is 0.0149. The number of anilines is 1. The van der Waals surface area contributed by atoms with Gasteiger partial charge in [-0.05, 0) is 19.3 Å². The maximum atomic E-state index is 13.1. The van der Waals surface area contributed by atoms with E-state index in [1.807, 2.05) is 0 Å². The molecule has 4 heterocycles. The van der Waals surface area contributed by atoms with Crippen molar-refractivity contribution in [2.24, 2.45) is 12.5 Å². The summed E-state index contributed by atoms with van der Waals surface area (Å²) in [6, 6.07) is 0. The molecule has 0 N–H and O–H groups in total. The number of carbonyl (C=O) groups is 2. The Morgan fingerprint density at radius 2 is 2.00 bits per heavy atom. The Morgan fingerprint density at radius 3 is 2.72 bits per heavy atom. The molecular weight excluding hydrogens is 322 g/mol. The molecule has 0 aromatic carbocycles. The molecule has 2 amide bonds. The molecule has 0 aliphatic carbocycles. The molecule has 1 unspecified atom stereocenters. The summed E-state index contributed by atoms with van der Waals surface area (Å²) in [6.45, 7) is 1.66. The molecule has 0 radical (unpaired) electrons. The zero-order valence-corrected chi connectivity index (χ0v) is 14.0. The van der Waals surface area contributed by atoms with Crippen LogP contribution in [0, 0.1) is 5.41 Å². The summed E-state index contributed by atoms with van der Waals surface area (Å²) < 4.78 is 1.50. The highest BCUT2D eigenvalue weighted by Crippen LogP contribution is 2.41. The van der Waals surface area contributed by atoms with Gasteiger partial charge in [0.1, 0.15) is 12.7 Å². The van der Waals surface area contributed by atoms with Gasteiger partial charge in [0.25, 0.3) is 5.91 Å². The summed E-state index contributed by atoms with van der Waals surface area (Å²) in [5.41, 5.74) is 0.178. The smallest absolute Gasteiger partial charge is 0.293 e. The lowest BCUT2D eigenvalue weighted by atomic mass is 9.78. The monoisotopic (exact) mass is 341 g/mol. The van der Waals surface area contributed by atoms with E-state index in [9.17, 15) is 9.59 Å². The van der Waals surface area contributed by atoms with Gasteiger partial charge in [0.2, 0.25) is 11.7 Å². The summed E-state index contributed by atoms with van der Waals surface area (Å²) in [7, 11) is 1.72. The van der Waals surface area contributed by atoms with Crippen molar-refractivity contribution < 1.29 is 9.59 Å². The maximum absolute atomic E-state index is 13.1. The fraction of sp³-hybridized carbons (Fsp3) is 0.500. The van der Waals surface area contributed by atoms with Crippen molar-refractivity contribution in [3.8, 4) is 0 Å². The first kappa shape index (κ1) is 15.7. The SMILES string of the molecule is Cn1cnc(C(=O)N2CCCC3(CCN(c4cncnc4)C3=O)C2)n1. The molecule has 0 bridgehead atoms. The van der Waals surface area contributed by atoms with Crippen LogP contribution in [0.4, 0.5) is 5.69 Å². The van der Waals surface area contributed by atoms with Crippen LogP contribution < -0.4 is 4.90 Å². The Morgan fingerprint density at radius 1 is 1.20 bits per heavy atom. The Hall–Kier alpha value is -2.84. The molecule has 2 fully saturated rings. The molecule has 9 heteroatoms. The topological polar surface area (TPSA) is 97.1 Å². The average molecular weight is 341 g/mol. The van der Waals surface area contributed by atoms with Gasteiger partial charge in [-0.25, -0.2) is 15.0 Å². The van der Waals surface area contributed by atoms with Gasteiger partial charge < -0.3 is 9.80 Å². The summed E-state index contributed by atoms with van der Waals surface area (Å²) in [4.78, 5) is 41.2. The minimum absolute atomic E-state index is 0.0498. The lowest BCUT2D eigenvalue weighted by molar-refractivity contribution is -0.127. The molecule has 2 aliphatic heterocycles. The van der Waals surface area contributed by atoms with E-state index in [4.69, 9.17) is 0 Å². The lowest BCUT2D eigenvalue weighted by Crippen LogP contribution is -2.50. The number of nitrogens with zero attached hydrogens (tertiary/aromatic N) is 7. The minimum Gasteiger partial charge on any atom is -0.335 e. The summed E-state index contributed by atoms with van der Waals surface area (Å²) in [6.07, 6.45) is 8.55. The Balaban J connectivity index is 1.54. The number of hydrogen-bond donors (Lipinski definition) is 0. The van der Waals surface area contributed by atoms with Crippen molar-refractivity contribution in [1.29, 1.82) is 0 Å². The normalized spacial score (nSPS) is 23.5. The van der Waals surface area contributed by atoms with Crippen LogP contribution in [0.25, 0.3) is 0 Å². The van der Waals surface area contributed by atoms with E-state index in [-0.39, 0.29) is 17.6 Å². The standard InChI is InChI=1S/C16H19N7O2/c1-21-11-19-13(20-21)14(24)22-5-2-3-16(9-22)4-6-23(15(16)25)12-7-17-10-18-8-12/h7-8,10-11H,2-6,9H2,1H3. The van der Waals surface area contributed by atoms with Gasteiger partial charge in [-0.15, -0.1) is 5.10 Å². The summed E-state index contributed by atoms with van der Waals surface area (Å²) in [5, 5.41) is 4.08. The fourth-order valence-electron chi connectivity index (χ4n) is 3.76. The molecule has 1 atom stereocenters. The van der Waals surface area contributed by atoms with Crippen molar-refractivity contribution in [2.45, 2.75) is 19.3 Å². The minimum atomic E-state index is -0.529. The fourth-order valence-corrected chi connectivity index (χ4v) is 3.76. The Kier molecular flexibility index (Phi) is 3.70. The molecule has 4 rings (SSSR count). The first-order valence-electron chi connectivity index (χ1n) is 8.31. The highest BCUT2D eigenvalue weighted by Gasteiger charge is 2.50. The lowest BCUT2D eigenvalue weighted by Gasteiger charge is -2.38. The van der Waals surface area contributed by atoms with E-state index in [0.29, 0.717) is 25.3 Å². The van der Waals surface area contributed by atoms with E-state index >= 15 is 0 Å². The second-order valence-corrected chi connectivity index (χ2v) is 6.66. The first-order chi connectivity index (χ1) is 12.1. The third-order valence-corrected chi connectivity index (χ3v) is 5.03. The van der Waals surface area contributed by atoms with Crippen molar-refractivity contribution in [3.63, 3.8) is 0 Å². The van der Waals surface area contributed by atoms with Crippen LogP contribution in [0.1, 0.15) is 29.9 Å². The van der Waals surface area contributed by atoms with Crippen LogP contribution in [0.2, 0.25) is 0 Å². The number of hydrogen-bond acceptors (Lipinski definition) is 6. The van der Waals surface area contributed by atoms with E-state index in [2.05, 4.69) is 20.1 Å². The molecule has 1 spiro atoms. The third-order valence-electron chi connectivity index (χ3n) is 5.03. The summed E-state index contributed by atoms with van der Waals surface area (Å²) >= 11 is 0. The zero-order valence-electron chi connectivity index (χ0n) is 14.0. The zero-order chi connectivity index (χ0) is 17.4. The van der Waals surface area contributed by atoms with Crippen molar-refractivity contribution >= 4 is 17.5 Å². The average Bonchev–Trinajstić information content (AvgIpc) is 3.20. The molecule has 9 nitrogen and oxygen atoms in total. The van der Waals surface area contributed by atoms with Gasteiger partial charge in [-0.1, -0.05) is 0 Å². The predicted molar refractivity (Wildman–Crippen MR) is 87.6 cm³/mol. The molecule has 0 saturated carbocycles. The second-order valence-electron chi connectivity index (χ2n) is 6.66. The Labute approximate surface area is 144 Å². The Bertz CT molecular complexity index is 806. The van der Waals surface area contributed by atoms with Gasteiger partial charge >= 0.3 is 0 Å². The van der Waals surface area contributed by atoms with E-state index in [1.54, 1.807) is 29.2 Å².